The van der Waals surface area contributed by atoms with Crippen LogP contribution in [0.5, 0.6) is 0 Å². The lowest BCUT2D eigenvalue weighted by atomic mass is 9.96. The van der Waals surface area contributed by atoms with Gasteiger partial charge in [0.25, 0.3) is 0 Å². The van der Waals surface area contributed by atoms with Gasteiger partial charge in [-0.1, -0.05) is 18.5 Å². The summed E-state index contributed by atoms with van der Waals surface area (Å²) in [6.45, 7) is 5.06. The minimum Gasteiger partial charge on any atom is -0.338 e. The van der Waals surface area contributed by atoms with Gasteiger partial charge in [0.05, 0.1) is 6.04 Å². The van der Waals surface area contributed by atoms with Gasteiger partial charge in [-0.15, -0.1) is 11.3 Å². The van der Waals surface area contributed by atoms with Crippen LogP contribution in [0.25, 0.3) is 0 Å². The molecule has 9 heteroatoms. The van der Waals surface area contributed by atoms with Gasteiger partial charge in [0, 0.05) is 32.3 Å². The highest BCUT2D eigenvalue weighted by molar-refractivity contribution is 7.12. The summed E-state index contributed by atoms with van der Waals surface area (Å²) < 4.78 is 37.5. The molecule has 156 valence electrons. The second-order valence-electron chi connectivity index (χ2n) is 6.49. The van der Waals surface area contributed by atoms with Crippen LogP contribution in [0.15, 0.2) is 24.3 Å². The third-order valence-electron chi connectivity index (χ3n) is 4.49. The van der Waals surface area contributed by atoms with Crippen LogP contribution in [0.3, 0.4) is 0 Å². The Morgan fingerprint density at radius 1 is 1.14 bits per heavy atom. The molecule has 1 atom stereocenters. The summed E-state index contributed by atoms with van der Waals surface area (Å²) in [6.07, 6.45) is -5.31. The number of nitrogens with one attached hydrogen (secondary N) is 1. The standard InChI is InChI=1S/C20H19ClF3NO3S/c1-4-14(25-19(28)20(22,23)24)15(26)9-16-17(10(2)11(3)29-16)18(27)12-5-7-13(21)8-6-12/h5-8,14H,4,9H2,1-3H3,(H,25,28)/t14-/m0/s1. The lowest BCUT2D eigenvalue weighted by Crippen LogP contribution is -2.47. The van der Waals surface area contributed by atoms with E-state index >= 15 is 0 Å². The van der Waals surface area contributed by atoms with Gasteiger partial charge in [0.15, 0.2) is 11.6 Å². The first-order valence-corrected chi connectivity index (χ1v) is 9.94. The van der Waals surface area contributed by atoms with Gasteiger partial charge in [0.1, 0.15) is 0 Å². The Morgan fingerprint density at radius 2 is 1.72 bits per heavy atom. The normalized spacial score (nSPS) is 12.5. The average molecular weight is 446 g/mol. The molecule has 2 aromatic rings. The molecule has 29 heavy (non-hydrogen) atoms. The summed E-state index contributed by atoms with van der Waals surface area (Å²) >= 11 is 7.10. The molecule has 2 rings (SSSR count). The van der Waals surface area contributed by atoms with Crippen molar-refractivity contribution in [1.29, 1.82) is 0 Å². The Bertz CT molecular complexity index is 936. The highest BCUT2D eigenvalue weighted by Crippen LogP contribution is 2.31. The predicted molar refractivity (Wildman–Crippen MR) is 106 cm³/mol. The first-order valence-electron chi connectivity index (χ1n) is 8.75. The molecule has 0 aliphatic rings. The largest absolute Gasteiger partial charge is 0.471 e. The third-order valence-corrected chi connectivity index (χ3v) is 5.95. The average Bonchev–Trinajstić information content (AvgIpc) is 2.92. The van der Waals surface area contributed by atoms with Crippen LogP contribution in [0.2, 0.25) is 5.02 Å². The lowest BCUT2D eigenvalue weighted by molar-refractivity contribution is -0.174. The van der Waals surface area contributed by atoms with Crippen molar-refractivity contribution in [1.82, 2.24) is 5.32 Å². The topological polar surface area (TPSA) is 63.2 Å². The van der Waals surface area contributed by atoms with Crippen LogP contribution in [-0.2, 0) is 16.0 Å². The number of rotatable bonds is 7. The first-order chi connectivity index (χ1) is 13.5. The summed E-state index contributed by atoms with van der Waals surface area (Å²) in [6, 6.07) is 5.01. The van der Waals surface area contributed by atoms with E-state index < -0.39 is 23.9 Å². The highest BCUT2D eigenvalue weighted by atomic mass is 35.5. The predicted octanol–water partition coefficient (Wildman–Crippen LogP) is 4.82. The van der Waals surface area contributed by atoms with Crippen LogP contribution < -0.4 is 5.32 Å². The molecule has 0 fully saturated rings. The van der Waals surface area contributed by atoms with Crippen molar-refractivity contribution in [2.24, 2.45) is 0 Å². The Kier molecular flexibility index (Phi) is 7.24. The number of benzene rings is 1. The van der Waals surface area contributed by atoms with Crippen LogP contribution in [0, 0.1) is 13.8 Å². The minimum absolute atomic E-state index is 0.00442. The zero-order valence-electron chi connectivity index (χ0n) is 15.9. The van der Waals surface area contributed by atoms with Gasteiger partial charge in [-0.3, -0.25) is 14.4 Å². The van der Waals surface area contributed by atoms with Crippen molar-refractivity contribution in [3.63, 3.8) is 0 Å². The van der Waals surface area contributed by atoms with E-state index in [1.54, 1.807) is 43.4 Å². The van der Waals surface area contributed by atoms with Crippen molar-refractivity contribution in [3.05, 3.63) is 55.7 Å². The third kappa shape index (κ3) is 5.45. The molecule has 1 heterocycles. The number of Topliss-reactive ketones (excluding diaryl/α,β-unsaturated/α-hetero) is 1. The number of hydrogen-bond acceptors (Lipinski definition) is 4. The highest BCUT2D eigenvalue weighted by Gasteiger charge is 2.40. The molecule has 1 aromatic heterocycles. The monoisotopic (exact) mass is 445 g/mol. The van der Waals surface area contributed by atoms with Crippen LogP contribution in [0.4, 0.5) is 13.2 Å². The summed E-state index contributed by atoms with van der Waals surface area (Å²) in [5.74, 6) is -3.04. The molecule has 1 N–H and O–H groups in total. The van der Waals surface area contributed by atoms with E-state index in [0.29, 0.717) is 26.6 Å². The number of carbonyl (C=O) groups excluding carboxylic acids is 3. The van der Waals surface area contributed by atoms with E-state index in [-0.39, 0.29) is 18.6 Å². The van der Waals surface area contributed by atoms with E-state index in [2.05, 4.69) is 0 Å². The second-order valence-corrected chi connectivity index (χ2v) is 8.24. The number of alkyl halides is 3. The zero-order valence-corrected chi connectivity index (χ0v) is 17.5. The minimum atomic E-state index is -5.07. The molecule has 0 unspecified atom stereocenters. The molecule has 0 aliphatic heterocycles. The van der Waals surface area contributed by atoms with Crippen molar-refractivity contribution in [2.75, 3.05) is 0 Å². The fraction of sp³-hybridized carbons (Fsp3) is 0.350. The Morgan fingerprint density at radius 3 is 2.24 bits per heavy atom. The zero-order chi connectivity index (χ0) is 21.9. The van der Waals surface area contributed by atoms with E-state index in [1.165, 1.54) is 18.3 Å². The molecule has 0 spiro atoms. The molecule has 0 saturated heterocycles. The quantitative estimate of drug-likeness (QED) is 0.621. The lowest BCUT2D eigenvalue weighted by Gasteiger charge is -2.17. The second kappa shape index (κ2) is 9.09. The van der Waals surface area contributed by atoms with Gasteiger partial charge in [-0.2, -0.15) is 13.2 Å². The molecule has 0 saturated carbocycles. The number of ketones is 2. The summed E-state index contributed by atoms with van der Waals surface area (Å²) in [5, 5.41) is 2.20. The molecule has 1 amide bonds. The van der Waals surface area contributed by atoms with Crippen LogP contribution >= 0.6 is 22.9 Å². The van der Waals surface area contributed by atoms with Crippen molar-refractivity contribution >= 4 is 40.4 Å². The first kappa shape index (κ1) is 23.1. The molecule has 0 bridgehead atoms. The van der Waals surface area contributed by atoms with Crippen LogP contribution in [0.1, 0.15) is 44.6 Å². The molecule has 1 aromatic carbocycles. The van der Waals surface area contributed by atoms with Crippen molar-refractivity contribution in [3.8, 4) is 0 Å². The molecule has 4 nitrogen and oxygen atoms in total. The summed E-state index contributed by atoms with van der Waals surface area (Å²) in [7, 11) is 0. The maximum absolute atomic E-state index is 13.0. The number of amides is 1. The Hall–Kier alpha value is -2.19. The van der Waals surface area contributed by atoms with E-state index in [4.69, 9.17) is 11.6 Å². The fourth-order valence-electron chi connectivity index (χ4n) is 2.80. The van der Waals surface area contributed by atoms with E-state index in [1.807, 2.05) is 0 Å². The Labute approximate surface area is 175 Å². The summed E-state index contributed by atoms with van der Waals surface area (Å²) in [4.78, 5) is 38.0. The van der Waals surface area contributed by atoms with Gasteiger partial charge >= 0.3 is 12.1 Å². The van der Waals surface area contributed by atoms with Crippen molar-refractivity contribution < 1.29 is 27.6 Å². The maximum atomic E-state index is 13.0. The summed E-state index contributed by atoms with van der Waals surface area (Å²) in [5.41, 5.74) is 1.46. The number of hydrogen-bond donors (Lipinski definition) is 1. The number of halogens is 4. The number of carbonyl (C=O) groups is 3. The molecular weight excluding hydrogens is 427 g/mol. The van der Waals surface area contributed by atoms with E-state index in [9.17, 15) is 27.6 Å². The van der Waals surface area contributed by atoms with Gasteiger partial charge in [0.2, 0.25) is 0 Å². The molecular formula is C20H19ClF3NO3S. The van der Waals surface area contributed by atoms with Gasteiger partial charge < -0.3 is 5.32 Å². The molecule has 0 aliphatic carbocycles. The SMILES string of the molecule is CC[C@H](NC(=O)C(F)(F)F)C(=O)Cc1sc(C)c(C)c1C(=O)c1ccc(Cl)cc1. The van der Waals surface area contributed by atoms with Gasteiger partial charge in [-0.05, 0) is 50.1 Å². The number of aryl methyl sites for hydroxylation is 1. The van der Waals surface area contributed by atoms with Crippen LogP contribution in [-0.4, -0.2) is 29.7 Å². The van der Waals surface area contributed by atoms with Gasteiger partial charge in [-0.25, -0.2) is 0 Å². The Balaban J connectivity index is 2.30. The maximum Gasteiger partial charge on any atom is 0.471 e. The number of thiophene rings is 1. The van der Waals surface area contributed by atoms with E-state index in [0.717, 1.165) is 4.88 Å². The van der Waals surface area contributed by atoms with Crippen molar-refractivity contribution in [2.45, 2.75) is 45.8 Å². The molecule has 0 radical (unpaired) electrons. The fourth-order valence-corrected chi connectivity index (χ4v) is 4.11. The smallest absolute Gasteiger partial charge is 0.338 e.